The molecule has 1 fully saturated rings. The van der Waals surface area contributed by atoms with E-state index in [1.54, 1.807) is 6.08 Å². The van der Waals surface area contributed by atoms with Gasteiger partial charge in [0.1, 0.15) is 12.4 Å². The molecule has 4 rings (SSSR count). The summed E-state index contributed by atoms with van der Waals surface area (Å²) in [6.45, 7) is 4.70. The average Bonchev–Trinajstić information content (AvgIpc) is 3.22. The maximum absolute atomic E-state index is 13.0. The second-order valence-electron chi connectivity index (χ2n) is 7.97. The Kier molecular flexibility index (Phi) is 6.14. The summed E-state index contributed by atoms with van der Waals surface area (Å²) in [5.41, 5.74) is 2.30. The van der Waals surface area contributed by atoms with Crippen molar-refractivity contribution in [2.45, 2.75) is 20.4 Å². The second kappa shape index (κ2) is 9.00. The van der Waals surface area contributed by atoms with Crippen LogP contribution in [0.5, 0.6) is 0 Å². The fourth-order valence-electron chi connectivity index (χ4n) is 3.59. The molecule has 8 heteroatoms. The molecule has 0 radical (unpaired) electrons. The zero-order valence-corrected chi connectivity index (χ0v) is 18.5. The van der Waals surface area contributed by atoms with Gasteiger partial charge in [0.2, 0.25) is 5.91 Å². The normalized spacial score (nSPS) is 15.4. The van der Waals surface area contributed by atoms with Gasteiger partial charge in [0, 0.05) is 34.9 Å². The summed E-state index contributed by atoms with van der Waals surface area (Å²) in [6, 6.07) is 13.2. The van der Waals surface area contributed by atoms with Crippen LogP contribution in [-0.4, -0.2) is 33.1 Å². The number of fused-ring (bicyclic) bond motifs is 1. The van der Waals surface area contributed by atoms with E-state index in [0.717, 1.165) is 39.7 Å². The molecule has 0 atom stereocenters. The van der Waals surface area contributed by atoms with Crippen molar-refractivity contribution in [2.75, 3.05) is 11.9 Å². The molecule has 164 valence electrons. The third kappa shape index (κ3) is 4.60. The molecule has 1 aliphatic heterocycles. The Morgan fingerprint density at radius 1 is 1.12 bits per heavy atom. The summed E-state index contributed by atoms with van der Waals surface area (Å²) >= 11 is 0.818. The van der Waals surface area contributed by atoms with Crippen molar-refractivity contribution in [1.82, 2.24) is 9.47 Å². The minimum absolute atomic E-state index is 0.275. The van der Waals surface area contributed by atoms with E-state index in [2.05, 4.69) is 23.7 Å². The van der Waals surface area contributed by atoms with Crippen LogP contribution in [-0.2, 0) is 16.1 Å². The zero-order chi connectivity index (χ0) is 22.8. The second-order valence-corrected chi connectivity index (χ2v) is 8.96. The summed E-state index contributed by atoms with van der Waals surface area (Å²) < 4.78 is 15.2. The Morgan fingerprint density at radius 3 is 2.56 bits per heavy atom. The number of rotatable bonds is 6. The molecule has 2 aromatic carbocycles. The predicted octanol–water partition coefficient (Wildman–Crippen LogP) is 5.11. The molecule has 0 aliphatic carbocycles. The highest BCUT2D eigenvalue weighted by molar-refractivity contribution is 8.18. The first-order valence-corrected chi connectivity index (χ1v) is 11.0. The minimum Gasteiger partial charge on any atom is -0.347 e. The lowest BCUT2D eigenvalue weighted by Gasteiger charge is -2.12. The predicted molar refractivity (Wildman–Crippen MR) is 124 cm³/mol. The van der Waals surface area contributed by atoms with Gasteiger partial charge in [-0.1, -0.05) is 32.0 Å². The SMILES string of the molecule is CC(C)Cn1cc(/C=C2/SC(=O)N(CC(=O)Nc3ccc(F)cc3)C2=O)c2ccccc21. The fraction of sp³-hybridized carbons (Fsp3) is 0.208. The highest BCUT2D eigenvalue weighted by Gasteiger charge is 2.36. The van der Waals surface area contributed by atoms with E-state index in [9.17, 15) is 18.8 Å². The molecule has 6 nitrogen and oxygen atoms in total. The van der Waals surface area contributed by atoms with Gasteiger partial charge in [0.15, 0.2) is 0 Å². The molecule has 3 aromatic rings. The van der Waals surface area contributed by atoms with Crippen LogP contribution in [0, 0.1) is 11.7 Å². The van der Waals surface area contributed by atoms with E-state index in [1.807, 2.05) is 30.5 Å². The number of halogens is 1. The Hall–Kier alpha value is -3.39. The average molecular weight is 452 g/mol. The van der Waals surface area contributed by atoms with Crippen molar-refractivity contribution in [3.63, 3.8) is 0 Å². The van der Waals surface area contributed by atoms with Crippen LogP contribution >= 0.6 is 11.8 Å². The number of para-hydroxylation sites is 1. The lowest BCUT2D eigenvalue weighted by Crippen LogP contribution is -2.36. The number of carbonyl (C=O) groups is 3. The quantitative estimate of drug-likeness (QED) is 0.529. The van der Waals surface area contributed by atoms with Crippen molar-refractivity contribution in [3.05, 3.63) is 71.0 Å². The van der Waals surface area contributed by atoms with Crippen LogP contribution in [0.3, 0.4) is 0 Å². The highest BCUT2D eigenvalue weighted by Crippen LogP contribution is 2.34. The summed E-state index contributed by atoms with van der Waals surface area (Å²) in [6.07, 6.45) is 3.70. The van der Waals surface area contributed by atoms with Gasteiger partial charge in [-0.15, -0.1) is 0 Å². The Balaban J connectivity index is 1.54. The van der Waals surface area contributed by atoms with Crippen LogP contribution in [0.1, 0.15) is 19.4 Å². The number of nitrogens with zero attached hydrogens (tertiary/aromatic N) is 2. The highest BCUT2D eigenvalue weighted by atomic mass is 32.2. The molecule has 1 N–H and O–H groups in total. The van der Waals surface area contributed by atoms with E-state index >= 15 is 0 Å². The summed E-state index contributed by atoms with van der Waals surface area (Å²) in [5.74, 6) is -1.01. The molecule has 0 bridgehead atoms. The molecule has 3 amide bonds. The van der Waals surface area contributed by atoms with Gasteiger partial charge >= 0.3 is 0 Å². The lowest BCUT2D eigenvalue weighted by molar-refractivity contribution is -0.127. The van der Waals surface area contributed by atoms with Crippen molar-refractivity contribution < 1.29 is 18.8 Å². The van der Waals surface area contributed by atoms with Crippen LogP contribution in [0.25, 0.3) is 17.0 Å². The smallest absolute Gasteiger partial charge is 0.294 e. The Morgan fingerprint density at radius 2 is 1.84 bits per heavy atom. The third-order valence-electron chi connectivity index (χ3n) is 4.97. The van der Waals surface area contributed by atoms with Crippen molar-refractivity contribution >= 4 is 51.5 Å². The van der Waals surface area contributed by atoms with E-state index < -0.39 is 29.4 Å². The molecule has 32 heavy (non-hydrogen) atoms. The first-order valence-electron chi connectivity index (χ1n) is 10.2. The fourth-order valence-corrected chi connectivity index (χ4v) is 4.42. The van der Waals surface area contributed by atoms with Gasteiger partial charge in [-0.3, -0.25) is 19.3 Å². The number of hydrogen-bond acceptors (Lipinski definition) is 4. The van der Waals surface area contributed by atoms with Gasteiger partial charge in [-0.25, -0.2) is 4.39 Å². The number of hydrogen-bond donors (Lipinski definition) is 1. The Bertz CT molecular complexity index is 1230. The number of carbonyl (C=O) groups excluding carboxylic acids is 3. The van der Waals surface area contributed by atoms with Gasteiger partial charge in [0.25, 0.3) is 11.1 Å². The summed E-state index contributed by atoms with van der Waals surface area (Å²) in [4.78, 5) is 38.8. The number of imide groups is 1. The molecule has 1 aliphatic rings. The zero-order valence-electron chi connectivity index (χ0n) is 17.7. The molecule has 0 spiro atoms. The first-order chi connectivity index (χ1) is 15.3. The van der Waals surface area contributed by atoms with E-state index in [1.165, 1.54) is 24.3 Å². The van der Waals surface area contributed by atoms with Crippen LogP contribution < -0.4 is 5.32 Å². The van der Waals surface area contributed by atoms with E-state index in [4.69, 9.17) is 0 Å². The van der Waals surface area contributed by atoms with Crippen LogP contribution in [0.2, 0.25) is 0 Å². The molecule has 0 unspecified atom stereocenters. The number of anilines is 1. The number of benzene rings is 2. The van der Waals surface area contributed by atoms with Gasteiger partial charge < -0.3 is 9.88 Å². The van der Waals surface area contributed by atoms with E-state index in [0.29, 0.717) is 11.6 Å². The molecule has 1 saturated heterocycles. The summed E-state index contributed by atoms with van der Waals surface area (Å²) in [7, 11) is 0. The first kappa shape index (κ1) is 21.8. The number of aromatic nitrogens is 1. The minimum atomic E-state index is -0.534. The van der Waals surface area contributed by atoms with Gasteiger partial charge in [0.05, 0.1) is 4.91 Å². The molecular formula is C24H22FN3O3S. The largest absolute Gasteiger partial charge is 0.347 e. The third-order valence-corrected chi connectivity index (χ3v) is 5.88. The lowest BCUT2D eigenvalue weighted by atomic mass is 10.1. The molecule has 1 aromatic heterocycles. The van der Waals surface area contributed by atoms with Crippen molar-refractivity contribution in [3.8, 4) is 0 Å². The monoisotopic (exact) mass is 451 g/mol. The van der Waals surface area contributed by atoms with E-state index in [-0.39, 0.29) is 4.91 Å². The van der Waals surface area contributed by atoms with Gasteiger partial charge in [-0.05, 0) is 54.1 Å². The molecule has 2 heterocycles. The van der Waals surface area contributed by atoms with Crippen LogP contribution in [0.15, 0.2) is 59.6 Å². The number of thioether (sulfide) groups is 1. The summed E-state index contributed by atoms with van der Waals surface area (Å²) in [5, 5.41) is 3.06. The standard InChI is InChI=1S/C24H22FN3O3S/c1-15(2)12-27-13-16(19-5-3-4-6-20(19)27)11-21-23(30)28(24(31)32-21)14-22(29)26-18-9-7-17(25)8-10-18/h3-11,13,15H,12,14H2,1-2H3,(H,26,29)/b21-11+. The number of nitrogens with one attached hydrogen (secondary N) is 1. The van der Waals surface area contributed by atoms with Crippen molar-refractivity contribution in [2.24, 2.45) is 5.92 Å². The maximum atomic E-state index is 13.0. The number of amides is 3. The van der Waals surface area contributed by atoms with Gasteiger partial charge in [-0.2, -0.15) is 0 Å². The molecule has 0 saturated carbocycles. The Labute approximate surface area is 189 Å². The maximum Gasteiger partial charge on any atom is 0.294 e. The molecular weight excluding hydrogens is 429 g/mol. The van der Waals surface area contributed by atoms with Crippen LogP contribution in [0.4, 0.5) is 14.9 Å². The topological polar surface area (TPSA) is 71.4 Å². The van der Waals surface area contributed by atoms with Crippen molar-refractivity contribution in [1.29, 1.82) is 0 Å².